The number of nitrogens with one attached hydrogen (secondary N) is 1. The van der Waals surface area contributed by atoms with E-state index in [0.29, 0.717) is 16.4 Å². The van der Waals surface area contributed by atoms with Crippen molar-refractivity contribution in [2.45, 2.75) is 0 Å². The zero-order valence-electron chi connectivity index (χ0n) is 15.7. The van der Waals surface area contributed by atoms with Gasteiger partial charge in [-0.3, -0.25) is 10.1 Å². The first-order valence-electron chi connectivity index (χ1n) is 9.19. The number of rotatable bonds is 4. The van der Waals surface area contributed by atoms with E-state index in [4.69, 9.17) is 14.5 Å². The zero-order chi connectivity index (χ0) is 19.8. The third-order valence-electron chi connectivity index (χ3n) is 4.73. The van der Waals surface area contributed by atoms with Crippen LogP contribution in [0.25, 0.3) is 20.4 Å². The number of morpholine rings is 1. The molecule has 1 amide bonds. The van der Waals surface area contributed by atoms with Gasteiger partial charge in [0.1, 0.15) is 5.75 Å². The first-order chi connectivity index (χ1) is 14.2. The highest BCUT2D eigenvalue weighted by molar-refractivity contribution is 7.30. The molecular formula is C20H18N4O3S2. The Hall–Kier alpha value is -2.75. The van der Waals surface area contributed by atoms with E-state index in [1.54, 1.807) is 42.7 Å². The summed E-state index contributed by atoms with van der Waals surface area (Å²) in [6.07, 6.45) is 0. The maximum atomic E-state index is 12.6. The number of fused-ring (bicyclic) bond motifs is 3. The number of carbonyl (C=O) groups excluding carboxylic acids is 1. The van der Waals surface area contributed by atoms with Crippen LogP contribution in [0.4, 0.5) is 10.3 Å². The number of hydrogen-bond acceptors (Lipinski definition) is 8. The number of carbonyl (C=O) groups is 1. The lowest BCUT2D eigenvalue weighted by atomic mass is 10.2. The van der Waals surface area contributed by atoms with Gasteiger partial charge in [-0.2, -0.15) is 0 Å². The van der Waals surface area contributed by atoms with E-state index in [-0.39, 0.29) is 5.91 Å². The van der Waals surface area contributed by atoms with Crippen LogP contribution >= 0.6 is 22.7 Å². The van der Waals surface area contributed by atoms with Gasteiger partial charge >= 0.3 is 0 Å². The van der Waals surface area contributed by atoms with Gasteiger partial charge in [-0.25, -0.2) is 9.97 Å². The molecule has 1 fully saturated rings. The van der Waals surface area contributed by atoms with Gasteiger partial charge in [0.15, 0.2) is 10.3 Å². The van der Waals surface area contributed by atoms with Crippen LogP contribution in [-0.4, -0.2) is 49.3 Å². The highest BCUT2D eigenvalue weighted by Gasteiger charge is 2.18. The summed E-state index contributed by atoms with van der Waals surface area (Å²) in [7, 11) is 1.58. The average molecular weight is 427 g/mol. The predicted octanol–water partition coefficient (Wildman–Crippen LogP) is 4.00. The summed E-state index contributed by atoms with van der Waals surface area (Å²) in [6.45, 7) is 3.17. The molecule has 1 saturated heterocycles. The predicted molar refractivity (Wildman–Crippen MR) is 117 cm³/mol. The van der Waals surface area contributed by atoms with E-state index in [1.165, 1.54) is 11.3 Å². The Bertz CT molecular complexity index is 1200. The summed E-state index contributed by atoms with van der Waals surface area (Å²) in [6, 6.07) is 11.0. The molecule has 4 aromatic rings. The molecule has 0 spiro atoms. The molecule has 29 heavy (non-hydrogen) atoms. The SMILES string of the molecule is COc1cccc(C(=O)Nc2nc3ccc4nc(N5CCOCC5)sc4c3s2)c1. The lowest BCUT2D eigenvalue weighted by Gasteiger charge is -2.25. The van der Waals surface area contributed by atoms with Crippen LogP contribution in [0, 0.1) is 0 Å². The molecule has 0 atom stereocenters. The van der Waals surface area contributed by atoms with Crippen molar-refractivity contribution in [2.24, 2.45) is 0 Å². The number of hydrogen-bond donors (Lipinski definition) is 1. The minimum atomic E-state index is -0.211. The number of nitrogens with zero attached hydrogens (tertiary/aromatic N) is 3. The topological polar surface area (TPSA) is 76.6 Å². The molecule has 1 aliphatic rings. The van der Waals surface area contributed by atoms with E-state index in [2.05, 4.69) is 15.2 Å². The molecule has 2 aromatic carbocycles. The van der Waals surface area contributed by atoms with Crippen molar-refractivity contribution in [2.75, 3.05) is 43.6 Å². The van der Waals surface area contributed by atoms with Crippen molar-refractivity contribution < 1.29 is 14.3 Å². The molecule has 0 aliphatic carbocycles. The fraction of sp³-hybridized carbons (Fsp3) is 0.250. The van der Waals surface area contributed by atoms with Crippen LogP contribution in [0.3, 0.4) is 0 Å². The zero-order valence-corrected chi connectivity index (χ0v) is 17.3. The fourth-order valence-electron chi connectivity index (χ4n) is 3.24. The Morgan fingerprint density at radius 1 is 1.10 bits per heavy atom. The van der Waals surface area contributed by atoms with Crippen LogP contribution in [-0.2, 0) is 4.74 Å². The van der Waals surface area contributed by atoms with Crippen LogP contribution in [0.5, 0.6) is 5.75 Å². The second-order valence-electron chi connectivity index (χ2n) is 6.56. The number of aromatic nitrogens is 2. The van der Waals surface area contributed by atoms with Gasteiger partial charge in [0, 0.05) is 18.7 Å². The van der Waals surface area contributed by atoms with Gasteiger partial charge in [0.05, 0.1) is 40.8 Å². The normalized spacial score (nSPS) is 14.4. The first kappa shape index (κ1) is 18.3. The molecule has 0 unspecified atom stereocenters. The van der Waals surface area contributed by atoms with Crippen LogP contribution in [0.15, 0.2) is 36.4 Å². The van der Waals surface area contributed by atoms with Crippen molar-refractivity contribution >= 4 is 59.3 Å². The summed E-state index contributed by atoms with van der Waals surface area (Å²) >= 11 is 3.14. The van der Waals surface area contributed by atoms with Gasteiger partial charge in [-0.1, -0.05) is 28.7 Å². The maximum absolute atomic E-state index is 12.6. The number of benzene rings is 2. The van der Waals surface area contributed by atoms with Gasteiger partial charge in [-0.05, 0) is 30.3 Å². The number of anilines is 2. The summed E-state index contributed by atoms with van der Waals surface area (Å²) in [5.41, 5.74) is 2.35. The lowest BCUT2D eigenvalue weighted by molar-refractivity contribution is 0.102. The fourth-order valence-corrected chi connectivity index (χ4v) is 5.44. The van der Waals surface area contributed by atoms with E-state index < -0.39 is 0 Å². The first-order valence-corrected chi connectivity index (χ1v) is 10.8. The number of methoxy groups -OCH3 is 1. The van der Waals surface area contributed by atoms with Crippen LogP contribution in [0.2, 0.25) is 0 Å². The number of thiazole rings is 2. The van der Waals surface area contributed by atoms with Gasteiger partial charge in [-0.15, -0.1) is 0 Å². The third-order valence-corrected chi connectivity index (χ3v) is 7.02. The van der Waals surface area contributed by atoms with E-state index in [1.807, 2.05) is 12.1 Å². The standard InChI is InChI=1S/C20H18N4O3S2/c1-26-13-4-2-3-12(11-13)18(25)23-19-21-14-5-6-15-17(16(14)28-19)29-20(22-15)24-7-9-27-10-8-24/h2-6,11H,7-10H2,1H3,(H,21,23,25). The van der Waals surface area contributed by atoms with Crippen LogP contribution in [0.1, 0.15) is 10.4 Å². The largest absolute Gasteiger partial charge is 0.497 e. The Balaban J connectivity index is 1.45. The van der Waals surface area contributed by atoms with E-state index in [0.717, 1.165) is 51.9 Å². The van der Waals surface area contributed by atoms with Crippen molar-refractivity contribution in [1.82, 2.24) is 9.97 Å². The third kappa shape index (κ3) is 3.52. The Labute approximate surface area is 174 Å². The molecule has 3 heterocycles. The van der Waals surface area contributed by atoms with Gasteiger partial charge < -0.3 is 14.4 Å². The molecule has 7 nitrogen and oxygen atoms in total. The summed E-state index contributed by atoms with van der Waals surface area (Å²) in [4.78, 5) is 24.2. The maximum Gasteiger partial charge on any atom is 0.257 e. The molecule has 148 valence electrons. The Morgan fingerprint density at radius 3 is 2.66 bits per heavy atom. The van der Waals surface area contributed by atoms with E-state index >= 15 is 0 Å². The second-order valence-corrected chi connectivity index (χ2v) is 8.54. The molecule has 0 bridgehead atoms. The highest BCUT2D eigenvalue weighted by atomic mass is 32.1. The molecule has 0 radical (unpaired) electrons. The number of amides is 1. The van der Waals surface area contributed by atoms with E-state index in [9.17, 15) is 4.79 Å². The second kappa shape index (κ2) is 7.58. The van der Waals surface area contributed by atoms with Crippen molar-refractivity contribution in [3.63, 3.8) is 0 Å². The number of ether oxygens (including phenoxy) is 2. The molecule has 9 heteroatoms. The summed E-state index contributed by atoms with van der Waals surface area (Å²) in [5, 5.41) is 4.48. The van der Waals surface area contributed by atoms with Crippen molar-refractivity contribution in [3.8, 4) is 5.75 Å². The van der Waals surface area contributed by atoms with Crippen molar-refractivity contribution in [3.05, 3.63) is 42.0 Å². The Kier molecular flexibility index (Phi) is 4.78. The molecule has 1 aliphatic heterocycles. The molecule has 0 saturated carbocycles. The minimum Gasteiger partial charge on any atom is -0.497 e. The summed E-state index contributed by atoms with van der Waals surface area (Å²) < 4.78 is 12.8. The van der Waals surface area contributed by atoms with Crippen molar-refractivity contribution in [1.29, 1.82) is 0 Å². The monoisotopic (exact) mass is 426 g/mol. The minimum absolute atomic E-state index is 0.211. The van der Waals surface area contributed by atoms with Crippen LogP contribution < -0.4 is 15.0 Å². The Morgan fingerprint density at radius 2 is 1.86 bits per heavy atom. The van der Waals surface area contributed by atoms with Gasteiger partial charge in [0.2, 0.25) is 0 Å². The molecular weight excluding hydrogens is 408 g/mol. The average Bonchev–Trinajstić information content (AvgIpc) is 3.38. The van der Waals surface area contributed by atoms with Gasteiger partial charge in [0.25, 0.3) is 5.91 Å². The smallest absolute Gasteiger partial charge is 0.257 e. The lowest BCUT2D eigenvalue weighted by Crippen LogP contribution is -2.36. The molecule has 2 aromatic heterocycles. The summed E-state index contributed by atoms with van der Waals surface area (Å²) in [5.74, 6) is 0.432. The molecule has 5 rings (SSSR count). The quantitative estimate of drug-likeness (QED) is 0.532. The highest BCUT2D eigenvalue weighted by Crippen LogP contribution is 2.38. The molecule has 1 N–H and O–H groups in total.